The molecule has 8 unspecified atom stereocenters. The zero-order valence-corrected chi connectivity index (χ0v) is 28.2. The van der Waals surface area contributed by atoms with E-state index in [0.29, 0.717) is 12.8 Å². The second-order valence-electron chi connectivity index (χ2n) is 13.0. The van der Waals surface area contributed by atoms with Gasteiger partial charge in [0.25, 0.3) is 0 Å². The number of ether oxygens (including phenoxy) is 4. The first-order valence-corrected chi connectivity index (χ1v) is 18.4. The van der Waals surface area contributed by atoms with Crippen LogP contribution in [0.2, 0.25) is 0 Å². The van der Waals surface area contributed by atoms with E-state index in [2.05, 4.69) is 13.2 Å². The zero-order chi connectivity index (χ0) is 34.3. The van der Waals surface area contributed by atoms with E-state index in [4.69, 9.17) is 18.9 Å². The van der Waals surface area contributed by atoms with Crippen molar-refractivity contribution < 1.29 is 67.5 Å². The molecule has 260 valence electrons. The van der Waals surface area contributed by atoms with Gasteiger partial charge in [-0.1, -0.05) is 27.0 Å². The Morgan fingerprint density at radius 3 is 1.33 bits per heavy atom. The highest BCUT2D eigenvalue weighted by atomic mass is 31.2. The molecule has 45 heavy (non-hydrogen) atoms. The van der Waals surface area contributed by atoms with Gasteiger partial charge in [0.1, 0.15) is 25.4 Å². The van der Waals surface area contributed by atoms with E-state index in [0.717, 1.165) is 0 Å². The molecule has 2 aliphatic rings. The fraction of sp³-hybridized carbons (Fsp3) is 0.793. The van der Waals surface area contributed by atoms with E-state index in [-0.39, 0.29) is 75.1 Å². The van der Waals surface area contributed by atoms with Crippen molar-refractivity contribution in [3.63, 3.8) is 0 Å². The van der Waals surface area contributed by atoms with Crippen LogP contribution in [0.3, 0.4) is 0 Å². The molecule has 6 N–H and O–H groups in total. The third kappa shape index (κ3) is 11.9. The molecule has 0 aliphatic heterocycles. The number of carbonyl (C=O) groups is 2. The molecule has 14 nitrogen and oxygen atoms in total. The molecule has 0 saturated heterocycles. The molecular formula is C29H50O14P2. The first-order chi connectivity index (χ1) is 20.6. The van der Waals surface area contributed by atoms with Crippen LogP contribution in [0.5, 0.6) is 0 Å². The highest BCUT2D eigenvalue weighted by molar-refractivity contribution is 7.52. The van der Waals surface area contributed by atoms with Crippen molar-refractivity contribution in [1.82, 2.24) is 0 Å². The minimum Gasteiger partial charge on any atom is -0.460 e. The molecule has 8 atom stereocenters. The van der Waals surface area contributed by atoms with Crippen LogP contribution in [0, 0.1) is 17.3 Å². The lowest BCUT2D eigenvalue weighted by Crippen LogP contribution is -2.47. The van der Waals surface area contributed by atoms with Crippen LogP contribution < -0.4 is 0 Å². The Labute approximate surface area is 264 Å². The smallest absolute Gasteiger partial charge is 0.333 e. The van der Waals surface area contributed by atoms with Crippen molar-refractivity contribution in [3.05, 3.63) is 24.3 Å². The Balaban J connectivity index is 2.05. The molecule has 2 rings (SSSR count). The van der Waals surface area contributed by atoms with Gasteiger partial charge in [-0.05, 0) is 69.6 Å². The molecule has 2 aliphatic carbocycles. The van der Waals surface area contributed by atoms with Gasteiger partial charge in [-0.15, -0.1) is 0 Å². The van der Waals surface area contributed by atoms with Crippen LogP contribution in [0.25, 0.3) is 0 Å². The van der Waals surface area contributed by atoms with E-state index in [1.807, 2.05) is 13.8 Å². The summed E-state index contributed by atoms with van der Waals surface area (Å²) in [5, 5.41) is 20.3. The van der Waals surface area contributed by atoms with Gasteiger partial charge in [-0.2, -0.15) is 0 Å². The Hall–Kier alpha value is -1.44. The van der Waals surface area contributed by atoms with Crippen LogP contribution in [0.15, 0.2) is 24.3 Å². The number of hydrogen-bond acceptors (Lipinski definition) is 10. The summed E-state index contributed by atoms with van der Waals surface area (Å²) in [5.74, 6) is -1.77. The molecule has 0 radical (unpaired) electrons. The molecule has 2 saturated carbocycles. The van der Waals surface area contributed by atoms with Gasteiger partial charge in [0.2, 0.25) is 0 Å². The van der Waals surface area contributed by atoms with Crippen molar-refractivity contribution in [2.75, 3.05) is 26.4 Å². The molecule has 0 spiro atoms. The molecule has 0 heterocycles. The summed E-state index contributed by atoms with van der Waals surface area (Å²) in [6, 6.07) is 0. The fourth-order valence-corrected chi connectivity index (χ4v) is 8.57. The maximum atomic E-state index is 12.6. The van der Waals surface area contributed by atoms with Crippen LogP contribution >= 0.6 is 15.2 Å². The van der Waals surface area contributed by atoms with E-state index < -0.39 is 68.3 Å². The number of carbonyl (C=O) groups excluding carboxylic acids is 2. The van der Waals surface area contributed by atoms with Gasteiger partial charge in [-0.3, -0.25) is 9.13 Å². The van der Waals surface area contributed by atoms with Gasteiger partial charge in [-0.25, -0.2) is 9.59 Å². The number of aliphatic hydroxyl groups excluding tert-OH is 2. The second-order valence-corrected chi connectivity index (χ2v) is 16.6. The Bertz CT molecular complexity index is 1060. The summed E-state index contributed by atoms with van der Waals surface area (Å²) in [7, 11) is -9.28. The summed E-state index contributed by atoms with van der Waals surface area (Å²) in [6.07, 6.45) is -2.25. The van der Waals surface area contributed by atoms with Gasteiger partial charge in [0.15, 0.2) is 0 Å². The van der Waals surface area contributed by atoms with Crippen molar-refractivity contribution in [1.29, 1.82) is 0 Å². The predicted octanol–water partition coefficient (Wildman–Crippen LogP) is 2.44. The van der Waals surface area contributed by atoms with E-state index in [1.165, 1.54) is 13.8 Å². The number of esters is 2. The first-order valence-electron chi connectivity index (χ1n) is 15.0. The first kappa shape index (κ1) is 39.7. The van der Waals surface area contributed by atoms with Gasteiger partial charge in [0.05, 0.1) is 36.7 Å². The lowest BCUT2D eigenvalue weighted by atomic mass is 9.60. The summed E-state index contributed by atoms with van der Waals surface area (Å²) >= 11 is 0. The molecule has 0 amide bonds. The van der Waals surface area contributed by atoms with Crippen LogP contribution in [-0.2, 0) is 37.7 Å². The van der Waals surface area contributed by atoms with Gasteiger partial charge >= 0.3 is 27.1 Å². The molecule has 2 fully saturated rings. The highest BCUT2D eigenvalue weighted by Gasteiger charge is 2.51. The maximum Gasteiger partial charge on any atom is 0.333 e. The molecule has 0 aromatic rings. The third-order valence-corrected chi connectivity index (χ3v) is 11.8. The Morgan fingerprint density at radius 1 is 0.711 bits per heavy atom. The average molecular weight is 685 g/mol. The standard InChI is InChI=1S/C29H50O14P2/c1-17(2)27(32)42-15-21(30)13-40-23-9-7-19(11-25(23)44(34,35)36)29(5,6)20-8-10-24(26(12-20)45(37,38)39)41-14-22(31)16-43-28(33)18(3)4/h19-26,30-31H,1,3,7-16H2,2,4-6H3,(H2,34,35,36)(H2,37,38,39). The van der Waals surface area contributed by atoms with Crippen LogP contribution in [0.1, 0.15) is 66.2 Å². The van der Waals surface area contributed by atoms with Gasteiger partial charge in [0, 0.05) is 11.1 Å². The second kappa shape index (κ2) is 16.6. The maximum absolute atomic E-state index is 12.6. The van der Waals surface area contributed by atoms with Crippen LogP contribution in [-0.4, -0.2) is 104 Å². The van der Waals surface area contributed by atoms with E-state index in [1.54, 1.807) is 0 Å². The minimum atomic E-state index is -4.64. The largest absolute Gasteiger partial charge is 0.460 e. The zero-order valence-electron chi connectivity index (χ0n) is 26.4. The van der Waals surface area contributed by atoms with E-state index in [9.17, 15) is 48.5 Å². The fourth-order valence-electron chi connectivity index (χ4n) is 6.18. The quantitative estimate of drug-likeness (QED) is 0.0780. The average Bonchev–Trinajstić information content (AvgIpc) is 2.94. The third-order valence-electron chi connectivity index (χ3n) is 8.99. The summed E-state index contributed by atoms with van der Waals surface area (Å²) in [6.45, 7) is 12.4. The van der Waals surface area contributed by atoms with E-state index >= 15 is 0 Å². The van der Waals surface area contributed by atoms with Crippen molar-refractivity contribution >= 4 is 27.1 Å². The minimum absolute atomic E-state index is 0.106. The molecule has 16 heteroatoms. The van der Waals surface area contributed by atoms with Crippen molar-refractivity contribution in [2.24, 2.45) is 17.3 Å². The summed E-state index contributed by atoms with van der Waals surface area (Å²) in [5.41, 5.74) is -2.55. The number of rotatable bonds is 16. The molecule has 0 aromatic carbocycles. The summed E-state index contributed by atoms with van der Waals surface area (Å²) < 4.78 is 46.3. The van der Waals surface area contributed by atoms with Gasteiger partial charge < -0.3 is 48.7 Å². The van der Waals surface area contributed by atoms with Crippen molar-refractivity contribution in [3.8, 4) is 0 Å². The monoisotopic (exact) mass is 684 g/mol. The SMILES string of the molecule is C=C(C)C(=O)OCC(O)COC1CCC(C(C)(C)C2CCC(OCC(O)COC(=O)C(=C)C)C(P(=O)(O)O)C2)CC1P(=O)(O)O. The topological polar surface area (TPSA) is 227 Å². The number of aliphatic hydroxyl groups is 2. The molecule has 0 bridgehead atoms. The summed E-state index contributed by atoms with van der Waals surface area (Å²) in [4.78, 5) is 64.0. The lowest BCUT2D eigenvalue weighted by molar-refractivity contribution is -0.144. The Kier molecular flexibility index (Phi) is 14.7. The molecule has 0 aromatic heterocycles. The molecular weight excluding hydrogens is 634 g/mol. The van der Waals surface area contributed by atoms with Crippen LogP contribution in [0.4, 0.5) is 0 Å². The lowest BCUT2D eigenvalue weighted by Gasteiger charge is -2.50. The Morgan fingerprint density at radius 2 is 1.04 bits per heavy atom. The number of hydrogen-bond donors (Lipinski definition) is 6. The predicted molar refractivity (Wildman–Crippen MR) is 163 cm³/mol. The highest BCUT2D eigenvalue weighted by Crippen LogP contribution is 2.58. The normalized spacial score (nSPS) is 27.7. The van der Waals surface area contributed by atoms with Crippen molar-refractivity contribution in [2.45, 2.75) is 102 Å².